The molecule has 2 unspecified atom stereocenters. The largest absolute Gasteiger partial charge is 0.479 e. The van der Waals surface area contributed by atoms with Crippen molar-refractivity contribution in [2.75, 3.05) is 0 Å². The smallest absolute Gasteiger partial charge is 0.332 e. The summed E-state index contributed by atoms with van der Waals surface area (Å²) in [4.78, 5) is 34.9. The predicted octanol–water partition coefficient (Wildman–Crippen LogP) is 1.06. The van der Waals surface area contributed by atoms with E-state index < -0.39 is 18.2 Å². The SMILES string of the molecule is O=C(O)C1CCC(Cn2c(=O)sc3ccccc3c2=O)O1. The number of hydrogen-bond donors (Lipinski definition) is 1. The van der Waals surface area contributed by atoms with Crippen molar-refractivity contribution in [1.82, 2.24) is 4.57 Å². The van der Waals surface area contributed by atoms with Crippen LogP contribution in [0.3, 0.4) is 0 Å². The van der Waals surface area contributed by atoms with E-state index in [2.05, 4.69) is 0 Å². The first kappa shape index (κ1) is 14.0. The van der Waals surface area contributed by atoms with Gasteiger partial charge in [0.1, 0.15) is 0 Å². The molecule has 0 saturated carbocycles. The summed E-state index contributed by atoms with van der Waals surface area (Å²) in [6.45, 7) is 0.1000. The minimum Gasteiger partial charge on any atom is -0.479 e. The van der Waals surface area contributed by atoms with Gasteiger partial charge in [0.25, 0.3) is 5.56 Å². The van der Waals surface area contributed by atoms with Crippen LogP contribution in [0, 0.1) is 0 Å². The molecule has 1 aliphatic rings. The zero-order chi connectivity index (χ0) is 15.0. The number of carbonyl (C=O) groups is 1. The standard InChI is InChI=1S/C14H13NO5S/c16-12-9-3-1-2-4-11(9)21-14(19)15(12)7-8-5-6-10(20-8)13(17)18/h1-4,8,10H,5-7H2,(H,17,18). The molecule has 1 fully saturated rings. The molecule has 2 aromatic rings. The van der Waals surface area contributed by atoms with E-state index in [1.165, 1.54) is 0 Å². The zero-order valence-electron chi connectivity index (χ0n) is 11.0. The molecule has 1 aromatic heterocycles. The molecule has 2 heterocycles. The van der Waals surface area contributed by atoms with Crippen LogP contribution in [0.2, 0.25) is 0 Å². The van der Waals surface area contributed by atoms with E-state index in [0.29, 0.717) is 22.9 Å². The molecule has 0 spiro atoms. The van der Waals surface area contributed by atoms with Crippen LogP contribution in [0.5, 0.6) is 0 Å². The first-order valence-electron chi connectivity index (χ1n) is 6.57. The van der Waals surface area contributed by atoms with Crippen LogP contribution >= 0.6 is 11.3 Å². The lowest BCUT2D eigenvalue weighted by Crippen LogP contribution is -2.35. The number of aromatic nitrogens is 1. The number of benzene rings is 1. The summed E-state index contributed by atoms with van der Waals surface area (Å²) in [6, 6.07) is 6.94. The van der Waals surface area contributed by atoms with Gasteiger partial charge in [0.15, 0.2) is 6.10 Å². The zero-order valence-corrected chi connectivity index (χ0v) is 11.8. The van der Waals surface area contributed by atoms with Crippen molar-refractivity contribution in [2.24, 2.45) is 0 Å². The molecule has 1 N–H and O–H groups in total. The molecule has 6 nitrogen and oxygen atoms in total. The highest BCUT2D eigenvalue weighted by molar-refractivity contribution is 7.16. The Morgan fingerprint density at radius 1 is 1.33 bits per heavy atom. The molecule has 1 saturated heterocycles. The van der Waals surface area contributed by atoms with Gasteiger partial charge in [-0.25, -0.2) is 4.79 Å². The second-order valence-electron chi connectivity index (χ2n) is 4.94. The lowest BCUT2D eigenvalue weighted by atomic mass is 10.2. The lowest BCUT2D eigenvalue weighted by molar-refractivity contribution is -0.149. The Bertz CT molecular complexity index is 809. The molecular weight excluding hydrogens is 294 g/mol. The predicted molar refractivity (Wildman–Crippen MR) is 77.9 cm³/mol. The topological polar surface area (TPSA) is 85.6 Å². The van der Waals surface area contributed by atoms with E-state index in [-0.39, 0.29) is 17.0 Å². The fraction of sp³-hybridized carbons (Fsp3) is 0.357. The Balaban J connectivity index is 1.93. The number of nitrogens with zero attached hydrogens (tertiary/aromatic N) is 1. The molecule has 0 bridgehead atoms. The van der Waals surface area contributed by atoms with E-state index in [4.69, 9.17) is 9.84 Å². The monoisotopic (exact) mass is 307 g/mol. The first-order valence-corrected chi connectivity index (χ1v) is 7.39. The number of fused-ring (bicyclic) bond motifs is 1. The van der Waals surface area contributed by atoms with Gasteiger partial charge < -0.3 is 9.84 Å². The number of hydrogen-bond acceptors (Lipinski definition) is 5. The maximum Gasteiger partial charge on any atom is 0.332 e. The molecule has 1 aromatic carbocycles. The first-order chi connectivity index (χ1) is 10.1. The average Bonchev–Trinajstić information content (AvgIpc) is 2.92. The maximum atomic E-state index is 12.4. The van der Waals surface area contributed by atoms with Crippen molar-refractivity contribution >= 4 is 27.4 Å². The van der Waals surface area contributed by atoms with Gasteiger partial charge in [0, 0.05) is 4.70 Å². The van der Waals surface area contributed by atoms with E-state index in [9.17, 15) is 14.4 Å². The van der Waals surface area contributed by atoms with Crippen LogP contribution in [-0.2, 0) is 16.1 Å². The summed E-state index contributed by atoms with van der Waals surface area (Å²) < 4.78 is 7.15. The van der Waals surface area contributed by atoms with Gasteiger partial charge in [-0.1, -0.05) is 23.5 Å². The van der Waals surface area contributed by atoms with Gasteiger partial charge in [0.2, 0.25) is 0 Å². The Morgan fingerprint density at radius 3 is 2.81 bits per heavy atom. The fourth-order valence-electron chi connectivity index (χ4n) is 2.49. The van der Waals surface area contributed by atoms with Crippen LogP contribution in [0.1, 0.15) is 12.8 Å². The van der Waals surface area contributed by atoms with Gasteiger partial charge in [0.05, 0.1) is 18.0 Å². The minimum atomic E-state index is -1.01. The molecule has 1 aliphatic heterocycles. The van der Waals surface area contributed by atoms with Gasteiger partial charge in [-0.3, -0.25) is 14.2 Å². The van der Waals surface area contributed by atoms with Gasteiger partial charge >= 0.3 is 10.8 Å². The number of carboxylic acids is 1. The van der Waals surface area contributed by atoms with Gasteiger partial charge in [-0.05, 0) is 25.0 Å². The van der Waals surface area contributed by atoms with E-state index in [1.54, 1.807) is 24.3 Å². The van der Waals surface area contributed by atoms with Gasteiger partial charge in [-0.2, -0.15) is 0 Å². The quantitative estimate of drug-likeness (QED) is 0.916. The second-order valence-corrected chi connectivity index (χ2v) is 5.94. The Hall–Kier alpha value is -1.99. The van der Waals surface area contributed by atoms with Crippen LogP contribution in [0.15, 0.2) is 33.9 Å². The highest BCUT2D eigenvalue weighted by Crippen LogP contribution is 2.21. The number of ether oxygens (including phenoxy) is 1. The van der Waals surface area contributed by atoms with Crippen LogP contribution in [0.25, 0.3) is 10.1 Å². The van der Waals surface area contributed by atoms with Crippen molar-refractivity contribution < 1.29 is 14.6 Å². The molecule has 7 heteroatoms. The highest BCUT2D eigenvalue weighted by atomic mass is 32.1. The summed E-state index contributed by atoms with van der Waals surface area (Å²) in [5, 5.41) is 9.39. The normalized spacial score (nSPS) is 21.7. The highest BCUT2D eigenvalue weighted by Gasteiger charge is 2.31. The van der Waals surface area contributed by atoms with Crippen molar-refractivity contribution in [1.29, 1.82) is 0 Å². The fourth-order valence-corrected chi connectivity index (χ4v) is 3.36. The van der Waals surface area contributed by atoms with E-state index >= 15 is 0 Å². The Morgan fingerprint density at radius 2 is 2.10 bits per heavy atom. The summed E-state index contributed by atoms with van der Waals surface area (Å²) in [5.74, 6) is -1.01. The lowest BCUT2D eigenvalue weighted by Gasteiger charge is -2.12. The number of carboxylic acid groups (broad SMARTS) is 1. The van der Waals surface area contributed by atoms with E-state index in [0.717, 1.165) is 15.9 Å². The molecule has 110 valence electrons. The van der Waals surface area contributed by atoms with Crippen molar-refractivity contribution in [3.63, 3.8) is 0 Å². The molecule has 21 heavy (non-hydrogen) atoms. The maximum absolute atomic E-state index is 12.4. The molecule has 0 aliphatic carbocycles. The van der Waals surface area contributed by atoms with E-state index in [1.807, 2.05) is 0 Å². The third kappa shape index (κ3) is 2.62. The Kier molecular flexibility index (Phi) is 3.60. The Labute approximate surface area is 123 Å². The van der Waals surface area contributed by atoms with Crippen molar-refractivity contribution in [3.05, 3.63) is 44.3 Å². The van der Waals surface area contributed by atoms with Crippen LogP contribution in [0.4, 0.5) is 0 Å². The minimum absolute atomic E-state index is 0.1000. The molecule has 3 rings (SSSR count). The molecule has 0 radical (unpaired) electrons. The average molecular weight is 307 g/mol. The van der Waals surface area contributed by atoms with Crippen molar-refractivity contribution in [2.45, 2.75) is 31.6 Å². The van der Waals surface area contributed by atoms with Crippen LogP contribution < -0.4 is 10.4 Å². The number of rotatable bonds is 3. The summed E-state index contributed by atoms with van der Waals surface area (Å²) in [5.41, 5.74) is -0.350. The number of aliphatic carboxylic acids is 1. The third-order valence-electron chi connectivity index (χ3n) is 3.55. The summed E-state index contributed by atoms with van der Waals surface area (Å²) in [6.07, 6.45) is -0.324. The summed E-state index contributed by atoms with van der Waals surface area (Å²) in [7, 11) is 0. The molecular formula is C14H13NO5S. The second kappa shape index (κ2) is 5.42. The summed E-state index contributed by atoms with van der Waals surface area (Å²) >= 11 is 1.01. The third-order valence-corrected chi connectivity index (χ3v) is 4.52. The molecule has 2 atom stereocenters. The van der Waals surface area contributed by atoms with Crippen LogP contribution in [-0.4, -0.2) is 27.9 Å². The van der Waals surface area contributed by atoms with Crippen molar-refractivity contribution in [3.8, 4) is 0 Å². The van der Waals surface area contributed by atoms with Gasteiger partial charge in [-0.15, -0.1) is 0 Å². The molecule has 0 amide bonds.